The standard InChI is InChI=1S/C59H88N6O16/c1-29(2)48(60)56(69)65-41(8-7-19-62-57(61)70)55(68)64-34-11-9-33(10-12-34)28-73-58(71)63-27-36(67)24-46-49(72-6)40-23-35(66)22-38-14-16-43-50(76-38)54-53-52(78-43)51-47(79-53)26-59(80-51,81-54)18-17-39-21-31(4)42(74-39)15-13-37-20-30(3)32(5)44(75-37)25-45(40)77-46/h9-12,29-30,36-54,57,62,67,70H,4-5,7-8,13-28,60-61H2,1-3,6H3,(H,63,71)(H,64,68)(H,65,69)/t30-,36+,37+,38-,39+,40+,41+,42?,43+,44-,45+,46-,47-,48+,49-,50+,51+,52?,53?,54+,57?,59+/m1/s1. The summed E-state index contributed by atoms with van der Waals surface area (Å²) in [5.41, 5.74) is 14.5. The van der Waals surface area contributed by atoms with Crippen LogP contribution in [-0.2, 0) is 68.4 Å². The maximum absolute atomic E-state index is 14.5. The van der Waals surface area contributed by atoms with Crippen LogP contribution in [0.3, 0.4) is 0 Å². The van der Waals surface area contributed by atoms with Crippen molar-refractivity contribution in [2.24, 2.45) is 29.2 Å². The van der Waals surface area contributed by atoms with Crippen molar-refractivity contribution in [3.63, 3.8) is 0 Å². The van der Waals surface area contributed by atoms with Crippen LogP contribution in [-0.4, -0.2) is 176 Å². The number of alkyl carbamates (subject to hydrolysis) is 1. The van der Waals surface area contributed by atoms with Crippen molar-refractivity contribution in [2.45, 2.75) is 246 Å². The van der Waals surface area contributed by atoms with Crippen molar-refractivity contribution >= 4 is 29.4 Å². The van der Waals surface area contributed by atoms with Crippen LogP contribution in [0.1, 0.15) is 123 Å². The number of carbonyl (C=O) groups excluding carboxylic acids is 4. The molecule has 1 aromatic carbocycles. The molecule has 3 amide bonds. The summed E-state index contributed by atoms with van der Waals surface area (Å²) < 4.78 is 66.2. The fourth-order valence-corrected chi connectivity index (χ4v) is 14.0. The predicted octanol–water partition coefficient (Wildman–Crippen LogP) is 3.42. The molecule has 10 saturated heterocycles. The summed E-state index contributed by atoms with van der Waals surface area (Å²) in [6.45, 7) is 14.8. The van der Waals surface area contributed by atoms with E-state index in [4.69, 9.17) is 58.8 Å². The number of carbonyl (C=O) groups is 4. The minimum Gasteiger partial charge on any atom is -0.445 e. The fourth-order valence-electron chi connectivity index (χ4n) is 14.0. The van der Waals surface area contributed by atoms with Crippen LogP contribution in [0.2, 0.25) is 0 Å². The van der Waals surface area contributed by atoms with E-state index in [1.807, 2.05) is 13.8 Å². The number of aliphatic hydroxyl groups is 2. The van der Waals surface area contributed by atoms with Gasteiger partial charge in [-0.05, 0) is 105 Å². The smallest absolute Gasteiger partial charge is 0.407 e. The normalized spacial score (nSPS) is 38.8. The van der Waals surface area contributed by atoms with Gasteiger partial charge in [-0.3, -0.25) is 25.4 Å². The molecule has 22 nitrogen and oxygen atoms in total. The number of nitrogens with two attached hydrogens (primary N) is 2. The molecule has 0 aliphatic carbocycles. The Hall–Kier alpha value is -3.98. The molecule has 22 heteroatoms. The quantitative estimate of drug-likeness (QED) is 0.0630. The molecule has 0 radical (unpaired) electrons. The number of methoxy groups -OCH3 is 1. The number of hydrogen-bond acceptors (Lipinski definition) is 19. The van der Waals surface area contributed by atoms with Gasteiger partial charge in [0.1, 0.15) is 49.0 Å². The van der Waals surface area contributed by atoms with Crippen LogP contribution in [0.15, 0.2) is 48.6 Å². The van der Waals surface area contributed by atoms with E-state index in [0.29, 0.717) is 56.3 Å². The Bertz CT molecular complexity index is 2400. The first-order valence-corrected chi connectivity index (χ1v) is 29.7. The number of anilines is 1. The predicted molar refractivity (Wildman–Crippen MR) is 293 cm³/mol. The molecule has 1 spiro atoms. The number of benzene rings is 1. The maximum Gasteiger partial charge on any atom is 0.407 e. The Balaban J connectivity index is 0.761. The lowest BCUT2D eigenvalue weighted by Gasteiger charge is -2.47. The summed E-state index contributed by atoms with van der Waals surface area (Å²) in [5.74, 6) is -2.10. The van der Waals surface area contributed by atoms with Crippen LogP contribution < -0.4 is 32.7 Å². The Morgan fingerprint density at radius 1 is 0.802 bits per heavy atom. The first-order valence-electron chi connectivity index (χ1n) is 29.7. The van der Waals surface area contributed by atoms with E-state index in [1.54, 1.807) is 31.4 Å². The number of amides is 3. The van der Waals surface area contributed by atoms with E-state index in [1.165, 1.54) is 0 Å². The van der Waals surface area contributed by atoms with Gasteiger partial charge < -0.3 is 79.3 Å². The van der Waals surface area contributed by atoms with Gasteiger partial charge in [-0.15, -0.1) is 0 Å². The van der Waals surface area contributed by atoms with Gasteiger partial charge in [-0.25, -0.2) is 4.79 Å². The van der Waals surface area contributed by atoms with Crippen LogP contribution in [0.4, 0.5) is 10.5 Å². The van der Waals surface area contributed by atoms with Crippen molar-refractivity contribution in [1.29, 1.82) is 0 Å². The summed E-state index contributed by atoms with van der Waals surface area (Å²) in [7, 11) is 1.60. The van der Waals surface area contributed by atoms with Gasteiger partial charge in [-0.2, -0.15) is 0 Å². The van der Waals surface area contributed by atoms with Gasteiger partial charge in [0.2, 0.25) is 11.8 Å². The van der Waals surface area contributed by atoms with Crippen molar-refractivity contribution in [1.82, 2.24) is 16.0 Å². The third-order valence-electron chi connectivity index (χ3n) is 18.5. The summed E-state index contributed by atoms with van der Waals surface area (Å²) in [5, 5.41) is 31.7. The number of hydrogen-bond donors (Lipinski definition) is 8. The zero-order valence-corrected chi connectivity index (χ0v) is 47.4. The molecule has 22 atom stereocenters. The molecule has 0 aromatic heterocycles. The van der Waals surface area contributed by atoms with Crippen molar-refractivity contribution in [3.05, 3.63) is 54.1 Å². The molecule has 0 saturated carbocycles. The summed E-state index contributed by atoms with van der Waals surface area (Å²) >= 11 is 0. The Labute approximate surface area is 475 Å². The number of Topliss-reactive ketones (excluding diaryl/α,β-unsaturated/α-hetero) is 1. The SMILES string of the molecule is C=C1C[C@@H]2CC[C@@]34C[C@H]5OC6C(O[C@H]7CC[C@H](CC(=O)C[C@@H]8[C@@H](OC)[C@@H](C[C@H](O)CNC(=O)OCc9ccc(NC(=O)[C@H](CCCNC(N)O)NC(=O)[C@@H](N)C(C)C)cc9)O[C@H]8C[C@H]8O[C@@H](CCC1O2)C[C@@H](C)C8=C)O[C@@H]7[C@@H]6O3)[C@H]5O4. The molecule has 11 rings (SSSR count). The van der Waals surface area contributed by atoms with E-state index >= 15 is 0 Å². The molecule has 12 bridgehead atoms. The molecule has 450 valence electrons. The van der Waals surface area contributed by atoms with Gasteiger partial charge >= 0.3 is 6.09 Å². The van der Waals surface area contributed by atoms with Crippen LogP contribution >= 0.6 is 0 Å². The highest BCUT2D eigenvalue weighted by Crippen LogP contribution is 2.54. The summed E-state index contributed by atoms with van der Waals surface area (Å²) in [4.78, 5) is 53.6. The van der Waals surface area contributed by atoms with Crippen molar-refractivity contribution < 1.29 is 76.8 Å². The Morgan fingerprint density at radius 2 is 1.53 bits per heavy atom. The van der Waals surface area contributed by atoms with Crippen molar-refractivity contribution in [3.8, 4) is 0 Å². The van der Waals surface area contributed by atoms with Crippen molar-refractivity contribution in [2.75, 3.05) is 25.5 Å². The monoisotopic (exact) mass is 1140 g/mol. The second-order valence-electron chi connectivity index (χ2n) is 24.7. The van der Waals surface area contributed by atoms with Gasteiger partial charge in [0.05, 0.1) is 73.2 Å². The van der Waals surface area contributed by atoms with Gasteiger partial charge in [0.15, 0.2) is 12.1 Å². The number of ether oxygens (including phenoxy) is 10. The molecule has 10 N–H and O–H groups in total. The summed E-state index contributed by atoms with van der Waals surface area (Å²) in [6.07, 6.45) is 0.585. The number of aliphatic hydroxyl groups excluding tert-OH is 2. The molecular weight excluding hydrogens is 1050 g/mol. The number of ketones is 1. The molecule has 10 fully saturated rings. The highest BCUT2D eigenvalue weighted by atomic mass is 16.8. The Kier molecular flexibility index (Phi) is 19.4. The molecular formula is C59H88N6O16. The molecule has 10 aliphatic heterocycles. The third kappa shape index (κ3) is 14.1. The molecule has 4 unspecified atom stereocenters. The van der Waals surface area contributed by atoms with E-state index in [2.05, 4.69) is 41.3 Å². The number of nitrogens with one attached hydrogen (secondary N) is 4. The van der Waals surface area contributed by atoms with Crippen LogP contribution in [0.25, 0.3) is 0 Å². The van der Waals surface area contributed by atoms with Gasteiger partial charge in [0, 0.05) is 63.8 Å². The lowest BCUT2D eigenvalue weighted by Crippen LogP contribution is -2.61. The number of fused-ring (bicyclic) bond motifs is 6. The third-order valence-corrected chi connectivity index (χ3v) is 18.5. The molecule has 81 heavy (non-hydrogen) atoms. The molecule has 1 aromatic rings. The fraction of sp³-hybridized carbons (Fsp3) is 0.763. The van der Waals surface area contributed by atoms with E-state index < -0.39 is 84.7 Å². The average molecular weight is 1140 g/mol. The largest absolute Gasteiger partial charge is 0.445 e. The second-order valence-corrected chi connectivity index (χ2v) is 24.7. The zero-order valence-electron chi connectivity index (χ0n) is 47.4. The second kappa shape index (κ2) is 26.1. The first kappa shape index (κ1) is 60.2. The maximum atomic E-state index is 14.5. The van der Waals surface area contributed by atoms with E-state index in [9.17, 15) is 29.4 Å². The highest BCUT2D eigenvalue weighted by molar-refractivity contribution is 5.97. The van der Waals surface area contributed by atoms with E-state index in [0.717, 1.165) is 43.3 Å². The molecule has 10 aliphatic rings. The average Bonchev–Trinajstić information content (AvgIpc) is 3.90. The molecule has 10 heterocycles. The zero-order chi connectivity index (χ0) is 57.3. The minimum atomic E-state index is -1.21. The summed E-state index contributed by atoms with van der Waals surface area (Å²) in [6, 6.07) is 4.95. The van der Waals surface area contributed by atoms with E-state index in [-0.39, 0.29) is 117 Å². The topological polar surface area (TPSA) is 301 Å². The Morgan fingerprint density at radius 3 is 2.30 bits per heavy atom. The van der Waals surface area contributed by atoms with Gasteiger partial charge in [-0.1, -0.05) is 46.1 Å². The highest BCUT2D eigenvalue weighted by Gasteiger charge is 2.69. The van der Waals surface area contributed by atoms with Crippen LogP contribution in [0, 0.1) is 17.8 Å². The minimum absolute atomic E-state index is 0.00987. The lowest BCUT2D eigenvalue weighted by molar-refractivity contribution is -0.292. The lowest BCUT2D eigenvalue weighted by atomic mass is 9.81. The number of rotatable bonds is 17. The van der Waals surface area contributed by atoms with Crippen LogP contribution in [0.5, 0.6) is 0 Å². The van der Waals surface area contributed by atoms with Gasteiger partial charge in [0.25, 0.3) is 0 Å². The first-order chi connectivity index (χ1) is 38.8.